The Hall–Kier alpha value is -0.770. The smallest absolute Gasteiger partial charge is 0.410 e. The van der Waals surface area contributed by atoms with Crippen LogP contribution in [0.1, 0.15) is 39.5 Å². The van der Waals surface area contributed by atoms with Crippen LogP contribution < -0.4 is 5.32 Å². The highest BCUT2D eigenvalue weighted by Crippen LogP contribution is 2.29. The zero-order valence-electron chi connectivity index (χ0n) is 11.7. The molecule has 0 saturated carbocycles. The van der Waals surface area contributed by atoms with Gasteiger partial charge in [-0.25, -0.2) is 4.79 Å². The molecule has 2 aliphatic rings. The predicted molar refractivity (Wildman–Crippen MR) is 71.5 cm³/mol. The van der Waals surface area contributed by atoms with Gasteiger partial charge in [-0.2, -0.15) is 0 Å². The van der Waals surface area contributed by atoms with Crippen molar-refractivity contribution in [2.45, 2.75) is 45.6 Å². The van der Waals surface area contributed by atoms with E-state index in [0.717, 1.165) is 32.5 Å². The summed E-state index contributed by atoms with van der Waals surface area (Å²) in [5.41, 5.74) is 0. The minimum absolute atomic E-state index is 0.0928. The maximum atomic E-state index is 12.1. The Morgan fingerprint density at radius 1 is 1.33 bits per heavy atom. The monoisotopic (exact) mass is 254 g/mol. The number of rotatable bonds is 3. The molecule has 2 heterocycles. The molecule has 0 aromatic heterocycles. The molecule has 2 rings (SSSR count). The van der Waals surface area contributed by atoms with E-state index in [-0.39, 0.29) is 6.09 Å². The second-order valence-corrected chi connectivity index (χ2v) is 5.96. The third-order valence-electron chi connectivity index (χ3n) is 4.00. The molecule has 4 heteroatoms. The molecule has 2 saturated heterocycles. The maximum Gasteiger partial charge on any atom is 0.410 e. The van der Waals surface area contributed by atoms with Gasteiger partial charge in [0.15, 0.2) is 0 Å². The SMILES string of the molecule is CC(C)COC(=O)N1CCCC1C1CCNCC1. The van der Waals surface area contributed by atoms with Crippen molar-refractivity contribution in [3.8, 4) is 0 Å². The number of hydrogen-bond donors (Lipinski definition) is 1. The molecule has 2 fully saturated rings. The first-order valence-electron chi connectivity index (χ1n) is 7.32. The molecular formula is C14H26N2O2. The lowest BCUT2D eigenvalue weighted by Crippen LogP contribution is -2.44. The highest BCUT2D eigenvalue weighted by Gasteiger charge is 2.35. The second kappa shape index (κ2) is 6.41. The summed E-state index contributed by atoms with van der Waals surface area (Å²) in [6.45, 7) is 7.75. The number of carbonyl (C=O) groups is 1. The number of amides is 1. The van der Waals surface area contributed by atoms with Crippen LogP contribution in [0.2, 0.25) is 0 Å². The summed E-state index contributed by atoms with van der Waals surface area (Å²) in [6, 6.07) is 0.423. The summed E-state index contributed by atoms with van der Waals surface area (Å²) < 4.78 is 5.38. The largest absolute Gasteiger partial charge is 0.449 e. The number of nitrogens with one attached hydrogen (secondary N) is 1. The van der Waals surface area contributed by atoms with Gasteiger partial charge in [0, 0.05) is 12.6 Å². The normalized spacial score (nSPS) is 25.7. The quantitative estimate of drug-likeness (QED) is 0.840. The molecular weight excluding hydrogens is 228 g/mol. The van der Waals surface area contributed by atoms with Crippen LogP contribution in [0.25, 0.3) is 0 Å². The molecule has 1 unspecified atom stereocenters. The number of carbonyl (C=O) groups excluding carboxylic acids is 1. The molecule has 0 aromatic rings. The number of nitrogens with zero attached hydrogens (tertiary/aromatic N) is 1. The molecule has 18 heavy (non-hydrogen) atoms. The van der Waals surface area contributed by atoms with Crippen LogP contribution in [0.15, 0.2) is 0 Å². The van der Waals surface area contributed by atoms with Gasteiger partial charge in [-0.3, -0.25) is 0 Å². The van der Waals surface area contributed by atoms with Gasteiger partial charge in [0.1, 0.15) is 0 Å². The highest BCUT2D eigenvalue weighted by molar-refractivity contribution is 5.68. The van der Waals surface area contributed by atoms with E-state index in [2.05, 4.69) is 19.2 Å². The van der Waals surface area contributed by atoms with Gasteiger partial charge in [0.25, 0.3) is 0 Å². The summed E-state index contributed by atoms with van der Waals surface area (Å²) in [5.74, 6) is 1.08. The van der Waals surface area contributed by atoms with E-state index in [1.165, 1.54) is 12.8 Å². The Morgan fingerprint density at radius 3 is 2.72 bits per heavy atom. The zero-order valence-corrected chi connectivity index (χ0v) is 11.7. The van der Waals surface area contributed by atoms with Gasteiger partial charge in [0.2, 0.25) is 0 Å². The molecule has 1 N–H and O–H groups in total. The van der Waals surface area contributed by atoms with Gasteiger partial charge in [0.05, 0.1) is 6.61 Å². The molecule has 0 bridgehead atoms. The average molecular weight is 254 g/mol. The molecule has 0 aliphatic carbocycles. The van der Waals surface area contributed by atoms with E-state index >= 15 is 0 Å². The first-order chi connectivity index (χ1) is 8.68. The van der Waals surface area contributed by atoms with Gasteiger partial charge in [-0.15, -0.1) is 0 Å². The van der Waals surface area contributed by atoms with Crippen LogP contribution in [0.4, 0.5) is 4.79 Å². The molecule has 0 spiro atoms. The molecule has 1 amide bonds. The van der Waals surface area contributed by atoms with Gasteiger partial charge in [-0.1, -0.05) is 13.8 Å². The Kier molecular flexibility index (Phi) is 4.87. The topological polar surface area (TPSA) is 41.6 Å². The van der Waals surface area contributed by atoms with Crippen molar-refractivity contribution >= 4 is 6.09 Å². The fraction of sp³-hybridized carbons (Fsp3) is 0.929. The first-order valence-corrected chi connectivity index (χ1v) is 7.32. The van der Waals surface area contributed by atoms with E-state index in [1.807, 2.05) is 4.90 Å². The van der Waals surface area contributed by atoms with Crippen LogP contribution >= 0.6 is 0 Å². The van der Waals surface area contributed by atoms with Crippen molar-refractivity contribution in [3.63, 3.8) is 0 Å². The van der Waals surface area contributed by atoms with Crippen LogP contribution in [0.3, 0.4) is 0 Å². The average Bonchev–Trinajstić information content (AvgIpc) is 2.86. The van der Waals surface area contributed by atoms with Crippen LogP contribution in [-0.2, 0) is 4.74 Å². The predicted octanol–water partition coefficient (Wildman–Crippen LogP) is 2.24. The fourth-order valence-electron chi connectivity index (χ4n) is 3.06. The summed E-state index contributed by atoms with van der Waals surface area (Å²) in [4.78, 5) is 14.1. The lowest BCUT2D eigenvalue weighted by Gasteiger charge is -2.33. The Balaban J connectivity index is 1.87. The molecule has 4 nitrogen and oxygen atoms in total. The Labute approximate surface area is 110 Å². The standard InChI is InChI=1S/C14H26N2O2/c1-11(2)10-18-14(17)16-9-3-4-13(16)12-5-7-15-8-6-12/h11-13,15H,3-10H2,1-2H3. The van der Waals surface area contributed by atoms with Crippen molar-refractivity contribution in [1.29, 1.82) is 0 Å². The summed E-state index contributed by atoms with van der Waals surface area (Å²) in [6.07, 6.45) is 4.58. The minimum atomic E-state index is -0.0928. The Morgan fingerprint density at radius 2 is 2.06 bits per heavy atom. The van der Waals surface area contributed by atoms with Crippen molar-refractivity contribution in [2.75, 3.05) is 26.2 Å². The lowest BCUT2D eigenvalue weighted by atomic mass is 9.89. The van der Waals surface area contributed by atoms with E-state index in [1.54, 1.807) is 0 Å². The molecule has 0 aromatic carbocycles. The van der Waals surface area contributed by atoms with Crippen molar-refractivity contribution in [3.05, 3.63) is 0 Å². The number of piperidine rings is 1. The summed E-state index contributed by atoms with van der Waals surface area (Å²) in [7, 11) is 0. The fourth-order valence-corrected chi connectivity index (χ4v) is 3.06. The van der Waals surface area contributed by atoms with Crippen LogP contribution in [0, 0.1) is 11.8 Å². The third-order valence-corrected chi connectivity index (χ3v) is 4.00. The van der Waals surface area contributed by atoms with E-state index < -0.39 is 0 Å². The molecule has 104 valence electrons. The van der Waals surface area contributed by atoms with E-state index in [9.17, 15) is 4.79 Å². The van der Waals surface area contributed by atoms with Crippen LogP contribution in [0.5, 0.6) is 0 Å². The van der Waals surface area contributed by atoms with E-state index in [4.69, 9.17) is 4.74 Å². The van der Waals surface area contributed by atoms with Gasteiger partial charge < -0.3 is 15.0 Å². The Bertz CT molecular complexity index is 275. The van der Waals surface area contributed by atoms with Gasteiger partial charge in [-0.05, 0) is 50.6 Å². The van der Waals surface area contributed by atoms with Crippen molar-refractivity contribution < 1.29 is 9.53 Å². The van der Waals surface area contributed by atoms with E-state index in [0.29, 0.717) is 24.5 Å². The lowest BCUT2D eigenvalue weighted by molar-refractivity contribution is 0.0746. The third kappa shape index (κ3) is 3.37. The summed E-state index contributed by atoms with van der Waals surface area (Å²) >= 11 is 0. The molecule has 2 aliphatic heterocycles. The number of hydrogen-bond acceptors (Lipinski definition) is 3. The minimum Gasteiger partial charge on any atom is -0.449 e. The number of likely N-dealkylation sites (tertiary alicyclic amines) is 1. The summed E-state index contributed by atoms with van der Waals surface area (Å²) in [5, 5.41) is 3.39. The van der Waals surface area contributed by atoms with Crippen LogP contribution in [-0.4, -0.2) is 43.3 Å². The van der Waals surface area contributed by atoms with Crippen molar-refractivity contribution in [2.24, 2.45) is 11.8 Å². The second-order valence-electron chi connectivity index (χ2n) is 5.96. The highest BCUT2D eigenvalue weighted by atomic mass is 16.6. The number of ether oxygens (including phenoxy) is 1. The van der Waals surface area contributed by atoms with Gasteiger partial charge >= 0.3 is 6.09 Å². The maximum absolute atomic E-state index is 12.1. The first kappa shape index (κ1) is 13.7. The zero-order chi connectivity index (χ0) is 13.0. The molecule has 1 atom stereocenters. The van der Waals surface area contributed by atoms with Crippen molar-refractivity contribution in [1.82, 2.24) is 10.2 Å². The molecule has 0 radical (unpaired) electrons.